The highest BCUT2D eigenvalue weighted by atomic mass is 16.8. The van der Waals surface area contributed by atoms with Gasteiger partial charge in [-0.05, 0) is 17.0 Å². The fourth-order valence-corrected chi connectivity index (χ4v) is 1.31. The lowest BCUT2D eigenvalue weighted by Crippen LogP contribution is -2.23. The first kappa shape index (κ1) is 12.3. The van der Waals surface area contributed by atoms with Crippen LogP contribution in [0, 0.1) is 5.21 Å². The molecule has 18 heavy (non-hydrogen) atoms. The Bertz CT molecular complexity index is 566. The van der Waals surface area contributed by atoms with Crippen molar-refractivity contribution in [2.75, 3.05) is 13.2 Å². The zero-order valence-electron chi connectivity index (χ0n) is 9.15. The fourth-order valence-electron chi connectivity index (χ4n) is 1.31. The Morgan fingerprint density at radius 3 is 3.11 bits per heavy atom. The number of nitrogens with zero attached hydrogens (tertiary/aromatic N) is 2. The van der Waals surface area contributed by atoms with Crippen molar-refractivity contribution in [2.24, 2.45) is 0 Å². The zero-order chi connectivity index (χ0) is 13.1. The number of aliphatic hydroxyl groups excluding tert-OH is 2. The molecule has 2 rings (SSSR count). The van der Waals surface area contributed by atoms with E-state index in [1.54, 1.807) is 0 Å². The van der Waals surface area contributed by atoms with Gasteiger partial charge in [0.15, 0.2) is 0 Å². The standard InChI is InChI=1S/C10H10N2O6/c13-4-7(14)5-17-10(15)6-1-2-9-8(3-6)11-18-12(9)16/h1-3,7,13-14H,4-5H2. The van der Waals surface area contributed by atoms with Gasteiger partial charge in [-0.3, -0.25) is 4.63 Å². The quantitative estimate of drug-likeness (QED) is 0.528. The number of esters is 1. The lowest BCUT2D eigenvalue weighted by Gasteiger charge is -2.07. The Hall–Kier alpha value is -2.19. The molecule has 2 aromatic rings. The third-order valence-corrected chi connectivity index (χ3v) is 2.24. The summed E-state index contributed by atoms with van der Waals surface area (Å²) in [4.78, 5) is 11.8. The second kappa shape index (κ2) is 4.98. The molecule has 0 radical (unpaired) electrons. The predicted molar refractivity (Wildman–Crippen MR) is 56.3 cm³/mol. The Morgan fingerprint density at radius 1 is 1.61 bits per heavy atom. The minimum absolute atomic E-state index is 0.168. The Kier molecular flexibility index (Phi) is 3.40. The van der Waals surface area contributed by atoms with Crippen LogP contribution in [-0.2, 0) is 4.74 Å². The monoisotopic (exact) mass is 254 g/mol. The first-order valence-electron chi connectivity index (χ1n) is 5.07. The van der Waals surface area contributed by atoms with E-state index in [0.717, 1.165) is 0 Å². The number of aliphatic hydroxyl groups is 2. The van der Waals surface area contributed by atoms with Crippen LogP contribution in [0.4, 0.5) is 0 Å². The van der Waals surface area contributed by atoms with Crippen molar-refractivity contribution in [3.8, 4) is 0 Å². The fraction of sp³-hybridized carbons (Fsp3) is 0.300. The maximum atomic E-state index is 11.6. The molecule has 0 aliphatic heterocycles. The number of ether oxygens (including phenoxy) is 1. The van der Waals surface area contributed by atoms with E-state index >= 15 is 0 Å². The summed E-state index contributed by atoms with van der Waals surface area (Å²) in [5, 5.41) is 32.1. The van der Waals surface area contributed by atoms with E-state index in [-0.39, 0.29) is 28.1 Å². The van der Waals surface area contributed by atoms with Crippen LogP contribution < -0.4 is 4.90 Å². The maximum absolute atomic E-state index is 11.6. The molecule has 0 bridgehead atoms. The summed E-state index contributed by atoms with van der Waals surface area (Å²) in [5.41, 5.74) is 0.589. The van der Waals surface area contributed by atoms with Crippen LogP contribution in [0.2, 0.25) is 0 Å². The van der Waals surface area contributed by atoms with Crippen LogP contribution >= 0.6 is 0 Å². The molecule has 0 aliphatic rings. The molecule has 1 aromatic carbocycles. The molecule has 1 aromatic heterocycles. The minimum Gasteiger partial charge on any atom is -0.459 e. The van der Waals surface area contributed by atoms with E-state index in [0.29, 0.717) is 0 Å². The topological polar surface area (TPSA) is 120 Å². The van der Waals surface area contributed by atoms with Gasteiger partial charge < -0.3 is 20.2 Å². The highest BCUT2D eigenvalue weighted by Gasteiger charge is 2.15. The molecular formula is C10H10N2O6. The summed E-state index contributed by atoms with van der Waals surface area (Å²) in [5.74, 6) is -0.690. The summed E-state index contributed by atoms with van der Waals surface area (Å²) in [6.07, 6.45) is -1.12. The van der Waals surface area contributed by atoms with Gasteiger partial charge in [-0.1, -0.05) is 0 Å². The summed E-state index contributed by atoms with van der Waals surface area (Å²) < 4.78 is 9.10. The van der Waals surface area contributed by atoms with E-state index in [9.17, 15) is 10.0 Å². The van der Waals surface area contributed by atoms with Crippen molar-refractivity contribution in [3.05, 3.63) is 29.0 Å². The van der Waals surface area contributed by atoms with Gasteiger partial charge in [-0.2, -0.15) is 0 Å². The minimum atomic E-state index is -1.12. The molecule has 0 fully saturated rings. The summed E-state index contributed by atoms with van der Waals surface area (Å²) in [6, 6.07) is 4.08. The van der Waals surface area contributed by atoms with Crippen molar-refractivity contribution in [2.45, 2.75) is 6.10 Å². The van der Waals surface area contributed by atoms with Crippen molar-refractivity contribution >= 4 is 17.0 Å². The Labute approximate surface area is 101 Å². The third kappa shape index (κ3) is 2.39. The highest BCUT2D eigenvalue weighted by molar-refractivity contribution is 5.92. The van der Waals surface area contributed by atoms with Crippen LogP contribution in [0.3, 0.4) is 0 Å². The summed E-state index contributed by atoms with van der Waals surface area (Å²) in [6.45, 7) is -0.806. The third-order valence-electron chi connectivity index (χ3n) is 2.24. The molecule has 0 saturated heterocycles. The number of aromatic nitrogens is 2. The molecule has 1 heterocycles. The van der Waals surface area contributed by atoms with Crippen molar-refractivity contribution in [1.82, 2.24) is 5.16 Å². The number of hydrogen-bond donors (Lipinski definition) is 2. The maximum Gasteiger partial charge on any atom is 0.338 e. The van der Waals surface area contributed by atoms with Gasteiger partial charge in [0.05, 0.1) is 12.2 Å². The van der Waals surface area contributed by atoms with Crippen LogP contribution in [-0.4, -0.2) is 40.7 Å². The highest BCUT2D eigenvalue weighted by Crippen LogP contribution is 2.11. The Balaban J connectivity index is 2.13. The molecule has 8 heteroatoms. The van der Waals surface area contributed by atoms with Gasteiger partial charge in [-0.25, -0.2) is 4.79 Å². The zero-order valence-corrected chi connectivity index (χ0v) is 9.15. The first-order chi connectivity index (χ1) is 8.61. The molecule has 0 spiro atoms. The van der Waals surface area contributed by atoms with Crippen LogP contribution in [0.15, 0.2) is 22.8 Å². The second-order valence-corrected chi connectivity index (χ2v) is 3.57. The number of fused-ring (bicyclic) bond motifs is 1. The van der Waals surface area contributed by atoms with Crippen molar-refractivity contribution in [1.29, 1.82) is 0 Å². The molecule has 96 valence electrons. The predicted octanol–water partition coefficient (Wildman–Crippen LogP) is -1.03. The van der Waals surface area contributed by atoms with Crippen molar-refractivity contribution in [3.63, 3.8) is 0 Å². The van der Waals surface area contributed by atoms with Gasteiger partial charge in [0.2, 0.25) is 11.0 Å². The Morgan fingerprint density at radius 2 is 2.39 bits per heavy atom. The molecule has 8 nitrogen and oxygen atoms in total. The number of carbonyl (C=O) groups is 1. The first-order valence-corrected chi connectivity index (χ1v) is 5.07. The molecule has 0 saturated carbocycles. The molecule has 0 aliphatic carbocycles. The van der Waals surface area contributed by atoms with Gasteiger partial charge in [-0.15, -0.1) is 0 Å². The summed E-state index contributed by atoms with van der Waals surface area (Å²) in [7, 11) is 0. The van der Waals surface area contributed by atoms with Crippen LogP contribution in [0.1, 0.15) is 10.4 Å². The van der Waals surface area contributed by atoms with Gasteiger partial charge in [0.25, 0.3) is 0 Å². The lowest BCUT2D eigenvalue weighted by atomic mass is 10.2. The van der Waals surface area contributed by atoms with Gasteiger partial charge >= 0.3 is 5.97 Å². The van der Waals surface area contributed by atoms with E-state index in [2.05, 4.69) is 9.79 Å². The van der Waals surface area contributed by atoms with E-state index in [1.165, 1.54) is 18.2 Å². The van der Waals surface area contributed by atoms with Crippen LogP contribution in [0.25, 0.3) is 11.0 Å². The van der Waals surface area contributed by atoms with E-state index in [4.69, 9.17) is 14.9 Å². The lowest BCUT2D eigenvalue weighted by molar-refractivity contribution is -0.782. The van der Waals surface area contributed by atoms with Crippen molar-refractivity contribution < 1.29 is 29.3 Å². The molecule has 1 atom stereocenters. The molecule has 0 amide bonds. The van der Waals surface area contributed by atoms with Crippen LogP contribution in [0.5, 0.6) is 0 Å². The largest absolute Gasteiger partial charge is 0.459 e. The molecule has 2 N–H and O–H groups in total. The normalized spacial score (nSPS) is 12.6. The molecular weight excluding hydrogens is 244 g/mol. The average molecular weight is 254 g/mol. The second-order valence-electron chi connectivity index (χ2n) is 3.57. The summed E-state index contributed by atoms with van der Waals surface area (Å²) >= 11 is 0. The van der Waals surface area contributed by atoms with E-state index < -0.39 is 18.7 Å². The van der Waals surface area contributed by atoms with Gasteiger partial charge in [0, 0.05) is 11.2 Å². The van der Waals surface area contributed by atoms with E-state index in [1.807, 2.05) is 0 Å². The number of benzene rings is 1. The SMILES string of the molecule is O=C(OCC(O)CO)c1ccc2c(c1)no[n+]2[O-]. The number of carbonyl (C=O) groups excluding carboxylic acids is 1. The van der Waals surface area contributed by atoms with Gasteiger partial charge in [0.1, 0.15) is 12.7 Å². The average Bonchev–Trinajstić information content (AvgIpc) is 2.76. The molecule has 1 unspecified atom stereocenters. The number of rotatable bonds is 4. The smallest absolute Gasteiger partial charge is 0.338 e. The number of hydrogen-bond acceptors (Lipinski definition) is 7.